The third-order valence-electron chi connectivity index (χ3n) is 5.25. The Labute approximate surface area is 183 Å². The van der Waals surface area contributed by atoms with Crippen LogP contribution >= 0.6 is 11.3 Å². The van der Waals surface area contributed by atoms with Crippen LogP contribution in [0.2, 0.25) is 0 Å². The van der Waals surface area contributed by atoms with Gasteiger partial charge in [0.2, 0.25) is 0 Å². The van der Waals surface area contributed by atoms with E-state index in [-0.39, 0.29) is 5.69 Å². The number of rotatable bonds is 5. The second kappa shape index (κ2) is 8.48. The number of benzene rings is 1. The van der Waals surface area contributed by atoms with Gasteiger partial charge in [-0.2, -0.15) is 5.10 Å². The molecule has 1 saturated carbocycles. The summed E-state index contributed by atoms with van der Waals surface area (Å²) in [5.41, 5.74) is 7.30. The van der Waals surface area contributed by atoms with E-state index in [0.29, 0.717) is 24.8 Å². The van der Waals surface area contributed by atoms with Crippen molar-refractivity contribution >= 4 is 28.3 Å². The number of hydrogen-bond acceptors (Lipinski definition) is 7. The maximum absolute atomic E-state index is 12.9. The first-order chi connectivity index (χ1) is 15.2. The SMILES string of the molecule is O=C(NNC(=O)c1cc(C2CC2)nn1-c1ccccc1)c1csc(N2CCOCC2)n1. The molecule has 0 bridgehead atoms. The van der Waals surface area contributed by atoms with Crippen LogP contribution in [0.25, 0.3) is 5.69 Å². The molecular formula is C21H22N6O3S. The zero-order valence-electron chi connectivity index (χ0n) is 16.8. The molecule has 1 aliphatic heterocycles. The van der Waals surface area contributed by atoms with Gasteiger partial charge in [0.1, 0.15) is 11.4 Å². The molecule has 3 aromatic rings. The fraction of sp³-hybridized carbons (Fsp3) is 0.333. The third kappa shape index (κ3) is 4.30. The maximum Gasteiger partial charge on any atom is 0.289 e. The molecule has 5 rings (SSSR count). The monoisotopic (exact) mass is 438 g/mol. The van der Waals surface area contributed by atoms with E-state index in [9.17, 15) is 9.59 Å². The molecule has 0 radical (unpaired) electrons. The number of carbonyl (C=O) groups excluding carboxylic acids is 2. The second-order valence-electron chi connectivity index (χ2n) is 7.50. The highest BCUT2D eigenvalue weighted by molar-refractivity contribution is 7.13. The van der Waals surface area contributed by atoms with Gasteiger partial charge in [-0.1, -0.05) is 18.2 Å². The summed E-state index contributed by atoms with van der Waals surface area (Å²) in [5, 5.41) is 7.08. The Morgan fingerprint density at radius 2 is 1.81 bits per heavy atom. The molecule has 0 unspecified atom stereocenters. The zero-order chi connectivity index (χ0) is 21.2. The number of nitrogens with zero attached hydrogens (tertiary/aromatic N) is 4. The number of carbonyl (C=O) groups is 2. The van der Waals surface area contributed by atoms with Crippen LogP contribution in [0, 0.1) is 0 Å². The minimum absolute atomic E-state index is 0.266. The van der Waals surface area contributed by atoms with Crippen molar-refractivity contribution in [3.63, 3.8) is 0 Å². The first kappa shape index (κ1) is 19.7. The van der Waals surface area contributed by atoms with Crippen molar-refractivity contribution in [3.05, 3.63) is 58.9 Å². The van der Waals surface area contributed by atoms with Gasteiger partial charge in [0.05, 0.1) is 24.6 Å². The molecule has 0 spiro atoms. The molecule has 1 aliphatic carbocycles. The number of hydrazine groups is 1. The Kier molecular flexibility index (Phi) is 5.39. The normalized spacial score (nSPS) is 16.2. The Morgan fingerprint density at radius 1 is 1.06 bits per heavy atom. The highest BCUT2D eigenvalue weighted by Crippen LogP contribution is 2.39. The lowest BCUT2D eigenvalue weighted by molar-refractivity contribution is 0.0840. The highest BCUT2D eigenvalue weighted by Gasteiger charge is 2.29. The van der Waals surface area contributed by atoms with Gasteiger partial charge in [-0.15, -0.1) is 11.3 Å². The Morgan fingerprint density at radius 3 is 2.55 bits per heavy atom. The number of morpholine rings is 1. The van der Waals surface area contributed by atoms with Crippen LogP contribution in [0.3, 0.4) is 0 Å². The number of hydrogen-bond donors (Lipinski definition) is 2. The molecule has 9 nitrogen and oxygen atoms in total. The summed E-state index contributed by atoms with van der Waals surface area (Å²) in [5.74, 6) is -0.489. The summed E-state index contributed by atoms with van der Waals surface area (Å²) in [4.78, 5) is 31.8. The van der Waals surface area contributed by atoms with Crippen LogP contribution in [0.15, 0.2) is 41.8 Å². The number of nitrogens with one attached hydrogen (secondary N) is 2. The van der Waals surface area contributed by atoms with Crippen molar-refractivity contribution in [3.8, 4) is 5.69 Å². The van der Waals surface area contributed by atoms with Gasteiger partial charge in [0, 0.05) is 24.4 Å². The summed E-state index contributed by atoms with van der Waals surface area (Å²) >= 11 is 1.40. The zero-order valence-corrected chi connectivity index (χ0v) is 17.6. The van der Waals surface area contributed by atoms with E-state index in [4.69, 9.17) is 4.74 Å². The molecule has 2 N–H and O–H groups in total. The van der Waals surface area contributed by atoms with Crippen LogP contribution < -0.4 is 15.8 Å². The standard InChI is InChI=1S/C21H22N6O3S/c28-19(17-13-31-21(22-17)26-8-10-30-11-9-26)23-24-20(29)18-12-16(14-6-7-14)25-27(18)15-4-2-1-3-5-15/h1-5,12-14H,6-11H2,(H,23,28)(H,24,29). The lowest BCUT2D eigenvalue weighted by Gasteiger charge is -2.25. The molecule has 2 amide bonds. The maximum atomic E-state index is 12.9. The van der Waals surface area contributed by atoms with Crippen molar-refractivity contribution in [1.82, 2.24) is 25.6 Å². The van der Waals surface area contributed by atoms with Crippen molar-refractivity contribution < 1.29 is 14.3 Å². The van der Waals surface area contributed by atoms with Crippen molar-refractivity contribution in [2.75, 3.05) is 31.2 Å². The van der Waals surface area contributed by atoms with Crippen LogP contribution in [-0.2, 0) is 4.74 Å². The second-order valence-corrected chi connectivity index (χ2v) is 8.34. The lowest BCUT2D eigenvalue weighted by atomic mass is 10.2. The minimum atomic E-state index is -0.461. The van der Waals surface area contributed by atoms with E-state index in [2.05, 4.69) is 25.8 Å². The third-order valence-corrected chi connectivity index (χ3v) is 6.15. The molecule has 160 valence electrons. The molecule has 1 saturated heterocycles. The van der Waals surface area contributed by atoms with Gasteiger partial charge in [-0.05, 0) is 31.0 Å². The topological polar surface area (TPSA) is 101 Å². The van der Waals surface area contributed by atoms with E-state index in [1.165, 1.54) is 11.3 Å². The highest BCUT2D eigenvalue weighted by atomic mass is 32.1. The van der Waals surface area contributed by atoms with Crippen molar-refractivity contribution in [1.29, 1.82) is 0 Å². The molecule has 2 aromatic heterocycles. The fourth-order valence-corrected chi connectivity index (χ4v) is 4.28. The number of anilines is 1. The quantitative estimate of drug-likeness (QED) is 0.592. The Hall–Kier alpha value is -3.24. The van der Waals surface area contributed by atoms with Crippen LogP contribution in [0.5, 0.6) is 0 Å². The van der Waals surface area contributed by atoms with Crippen LogP contribution in [-0.4, -0.2) is 52.9 Å². The molecule has 1 aromatic carbocycles. The van der Waals surface area contributed by atoms with E-state index >= 15 is 0 Å². The molecule has 10 heteroatoms. The predicted molar refractivity (Wildman–Crippen MR) is 116 cm³/mol. The summed E-state index contributed by atoms with van der Waals surface area (Å²) in [7, 11) is 0. The number of ether oxygens (including phenoxy) is 1. The summed E-state index contributed by atoms with van der Waals surface area (Å²) < 4.78 is 6.97. The molecule has 0 atom stereocenters. The summed E-state index contributed by atoms with van der Waals surface area (Å²) in [6, 6.07) is 11.3. The van der Waals surface area contributed by atoms with Gasteiger partial charge in [0.25, 0.3) is 11.8 Å². The van der Waals surface area contributed by atoms with Crippen LogP contribution in [0.1, 0.15) is 45.4 Å². The molecule has 3 heterocycles. The van der Waals surface area contributed by atoms with Crippen molar-refractivity contribution in [2.24, 2.45) is 0 Å². The predicted octanol–water partition coefficient (Wildman–Crippen LogP) is 2.12. The number of amides is 2. The Bertz CT molecular complexity index is 1090. The molecule has 2 fully saturated rings. The summed E-state index contributed by atoms with van der Waals surface area (Å²) in [6.07, 6.45) is 2.16. The summed E-state index contributed by atoms with van der Waals surface area (Å²) in [6.45, 7) is 2.79. The fourth-order valence-electron chi connectivity index (χ4n) is 3.42. The number of aromatic nitrogens is 3. The minimum Gasteiger partial charge on any atom is -0.378 e. The number of thiazole rings is 1. The van der Waals surface area contributed by atoms with Crippen molar-refractivity contribution in [2.45, 2.75) is 18.8 Å². The van der Waals surface area contributed by atoms with Gasteiger partial charge in [0.15, 0.2) is 5.13 Å². The first-order valence-corrected chi connectivity index (χ1v) is 11.1. The average molecular weight is 439 g/mol. The van der Waals surface area contributed by atoms with E-state index in [1.807, 2.05) is 30.3 Å². The first-order valence-electron chi connectivity index (χ1n) is 10.2. The van der Waals surface area contributed by atoms with Gasteiger partial charge in [-0.25, -0.2) is 9.67 Å². The van der Waals surface area contributed by atoms with Gasteiger partial charge in [-0.3, -0.25) is 20.4 Å². The molecular weight excluding hydrogens is 416 g/mol. The lowest BCUT2D eigenvalue weighted by Crippen LogP contribution is -2.42. The molecule has 31 heavy (non-hydrogen) atoms. The van der Waals surface area contributed by atoms with E-state index in [1.54, 1.807) is 16.1 Å². The van der Waals surface area contributed by atoms with E-state index in [0.717, 1.165) is 42.4 Å². The van der Waals surface area contributed by atoms with Gasteiger partial charge < -0.3 is 9.64 Å². The average Bonchev–Trinajstić information content (AvgIpc) is 3.37. The molecule has 2 aliphatic rings. The number of para-hydroxylation sites is 1. The largest absolute Gasteiger partial charge is 0.378 e. The van der Waals surface area contributed by atoms with Crippen LogP contribution in [0.4, 0.5) is 5.13 Å². The van der Waals surface area contributed by atoms with E-state index < -0.39 is 11.8 Å². The smallest absolute Gasteiger partial charge is 0.289 e. The Balaban J connectivity index is 1.27. The van der Waals surface area contributed by atoms with Gasteiger partial charge >= 0.3 is 0 Å².